The number of imide groups is 1. The Labute approximate surface area is 121 Å². The van der Waals surface area contributed by atoms with Crippen molar-refractivity contribution in [1.82, 2.24) is 20.9 Å². The van der Waals surface area contributed by atoms with Crippen LogP contribution in [0.15, 0.2) is 24.3 Å². The summed E-state index contributed by atoms with van der Waals surface area (Å²) >= 11 is 0. The second-order valence-corrected chi connectivity index (χ2v) is 5.39. The van der Waals surface area contributed by atoms with Gasteiger partial charge in [0.2, 0.25) is 5.91 Å². The fourth-order valence-corrected chi connectivity index (χ4v) is 2.87. The molecule has 7 heteroatoms. The SMILES string of the molecule is Cc1cccc(C2NC(=O)NC3C2C(=O)NC(=O)N3C)c1. The van der Waals surface area contributed by atoms with E-state index in [1.165, 1.54) is 4.90 Å². The molecule has 0 saturated carbocycles. The zero-order valence-corrected chi connectivity index (χ0v) is 11.7. The van der Waals surface area contributed by atoms with Gasteiger partial charge < -0.3 is 15.5 Å². The minimum Gasteiger partial charge on any atom is -0.330 e. The van der Waals surface area contributed by atoms with Crippen LogP contribution in [-0.4, -0.2) is 36.1 Å². The van der Waals surface area contributed by atoms with E-state index in [2.05, 4.69) is 16.0 Å². The number of hydrogen-bond donors (Lipinski definition) is 3. The first-order chi connectivity index (χ1) is 9.97. The zero-order chi connectivity index (χ0) is 15.1. The van der Waals surface area contributed by atoms with E-state index < -0.39 is 30.2 Å². The number of benzene rings is 1. The highest BCUT2D eigenvalue weighted by Crippen LogP contribution is 2.31. The van der Waals surface area contributed by atoms with Crippen molar-refractivity contribution in [3.63, 3.8) is 0 Å². The van der Waals surface area contributed by atoms with E-state index in [-0.39, 0.29) is 5.91 Å². The van der Waals surface area contributed by atoms with E-state index in [0.717, 1.165) is 11.1 Å². The predicted molar refractivity (Wildman–Crippen MR) is 74.2 cm³/mol. The van der Waals surface area contributed by atoms with Crippen molar-refractivity contribution in [2.75, 3.05) is 7.05 Å². The zero-order valence-electron chi connectivity index (χ0n) is 11.7. The Kier molecular flexibility index (Phi) is 3.04. The van der Waals surface area contributed by atoms with Gasteiger partial charge in [-0.2, -0.15) is 0 Å². The van der Waals surface area contributed by atoms with Gasteiger partial charge in [0.1, 0.15) is 12.1 Å². The lowest BCUT2D eigenvalue weighted by atomic mass is 9.86. The standard InChI is InChI=1S/C14H16N4O3/c1-7-4-3-5-8(6-7)10-9-11(16-13(20)15-10)18(2)14(21)17-12(9)19/h3-6,9-11H,1-2H3,(H2,15,16,20)(H,17,19,21). The molecular formula is C14H16N4O3. The van der Waals surface area contributed by atoms with Gasteiger partial charge in [-0.25, -0.2) is 9.59 Å². The molecule has 0 radical (unpaired) electrons. The number of urea groups is 2. The Bertz CT molecular complexity index is 630. The fourth-order valence-electron chi connectivity index (χ4n) is 2.87. The molecule has 21 heavy (non-hydrogen) atoms. The Balaban J connectivity index is 2.01. The first-order valence-corrected chi connectivity index (χ1v) is 6.68. The summed E-state index contributed by atoms with van der Waals surface area (Å²) in [5.74, 6) is -0.964. The maximum absolute atomic E-state index is 12.2. The molecule has 3 atom stereocenters. The van der Waals surface area contributed by atoms with E-state index in [9.17, 15) is 14.4 Å². The van der Waals surface area contributed by atoms with Crippen LogP contribution in [0.1, 0.15) is 17.2 Å². The summed E-state index contributed by atoms with van der Waals surface area (Å²) in [4.78, 5) is 37.1. The van der Waals surface area contributed by atoms with E-state index >= 15 is 0 Å². The van der Waals surface area contributed by atoms with Crippen molar-refractivity contribution < 1.29 is 14.4 Å². The fraction of sp³-hybridized carbons (Fsp3) is 0.357. The number of carbonyl (C=O) groups is 3. The summed E-state index contributed by atoms with van der Waals surface area (Å²) in [5, 5.41) is 7.73. The second-order valence-electron chi connectivity index (χ2n) is 5.39. The lowest BCUT2D eigenvalue weighted by Crippen LogP contribution is -2.71. The van der Waals surface area contributed by atoms with Crippen LogP contribution >= 0.6 is 0 Å². The van der Waals surface area contributed by atoms with Gasteiger partial charge in [0, 0.05) is 7.05 Å². The van der Waals surface area contributed by atoms with Crippen LogP contribution in [0.4, 0.5) is 9.59 Å². The summed E-state index contributed by atoms with van der Waals surface area (Å²) in [6.07, 6.45) is -0.648. The van der Waals surface area contributed by atoms with Gasteiger partial charge in [-0.1, -0.05) is 29.8 Å². The number of nitrogens with one attached hydrogen (secondary N) is 3. The molecule has 5 amide bonds. The Morgan fingerprint density at radius 3 is 2.62 bits per heavy atom. The molecule has 3 unspecified atom stereocenters. The number of fused-ring (bicyclic) bond motifs is 1. The highest BCUT2D eigenvalue weighted by molar-refractivity contribution is 6.00. The molecule has 110 valence electrons. The normalized spacial score (nSPS) is 28.4. The average molecular weight is 288 g/mol. The Morgan fingerprint density at radius 2 is 1.90 bits per heavy atom. The molecule has 2 fully saturated rings. The maximum atomic E-state index is 12.2. The van der Waals surface area contributed by atoms with Crippen molar-refractivity contribution in [2.24, 2.45) is 5.92 Å². The van der Waals surface area contributed by atoms with Crippen LogP contribution in [0.3, 0.4) is 0 Å². The van der Waals surface area contributed by atoms with Gasteiger partial charge in [0.25, 0.3) is 0 Å². The van der Waals surface area contributed by atoms with E-state index in [1.54, 1.807) is 7.05 Å². The number of rotatable bonds is 1. The molecule has 1 aromatic rings. The topological polar surface area (TPSA) is 90.5 Å². The molecule has 0 spiro atoms. The summed E-state index contributed by atoms with van der Waals surface area (Å²) in [6, 6.07) is 6.24. The largest absolute Gasteiger partial charge is 0.330 e. The highest BCUT2D eigenvalue weighted by Gasteiger charge is 2.48. The smallest absolute Gasteiger partial charge is 0.325 e. The van der Waals surface area contributed by atoms with Gasteiger partial charge in [-0.3, -0.25) is 10.1 Å². The van der Waals surface area contributed by atoms with Crippen molar-refractivity contribution in [1.29, 1.82) is 0 Å². The highest BCUT2D eigenvalue weighted by atomic mass is 16.2. The second kappa shape index (κ2) is 4.76. The van der Waals surface area contributed by atoms with Crippen molar-refractivity contribution in [2.45, 2.75) is 19.1 Å². The minimum atomic E-state index is -0.648. The van der Waals surface area contributed by atoms with Gasteiger partial charge in [0.15, 0.2) is 0 Å². The molecule has 0 aromatic heterocycles. The third kappa shape index (κ3) is 2.20. The molecule has 1 aromatic carbocycles. The van der Waals surface area contributed by atoms with Gasteiger partial charge in [-0.05, 0) is 12.5 Å². The molecule has 2 heterocycles. The molecule has 0 aliphatic carbocycles. The molecule has 3 N–H and O–H groups in total. The number of carbonyl (C=O) groups excluding carboxylic acids is 3. The number of nitrogens with zero attached hydrogens (tertiary/aromatic N) is 1. The van der Waals surface area contributed by atoms with Crippen LogP contribution < -0.4 is 16.0 Å². The summed E-state index contributed by atoms with van der Waals surface area (Å²) in [5.41, 5.74) is 1.88. The molecule has 2 aliphatic heterocycles. The van der Waals surface area contributed by atoms with Crippen LogP contribution in [0.5, 0.6) is 0 Å². The molecule has 7 nitrogen and oxygen atoms in total. The van der Waals surface area contributed by atoms with Crippen LogP contribution in [0.25, 0.3) is 0 Å². The van der Waals surface area contributed by atoms with Crippen molar-refractivity contribution >= 4 is 18.0 Å². The average Bonchev–Trinajstić information content (AvgIpc) is 2.44. The lowest BCUT2D eigenvalue weighted by Gasteiger charge is -2.45. The van der Waals surface area contributed by atoms with Crippen molar-refractivity contribution in [3.8, 4) is 0 Å². The first-order valence-electron chi connectivity index (χ1n) is 6.68. The summed E-state index contributed by atoms with van der Waals surface area (Å²) < 4.78 is 0. The predicted octanol–water partition coefficient (Wildman–Crippen LogP) is 0.473. The van der Waals surface area contributed by atoms with Crippen LogP contribution in [0, 0.1) is 12.8 Å². The van der Waals surface area contributed by atoms with E-state index in [0.29, 0.717) is 0 Å². The van der Waals surface area contributed by atoms with Crippen LogP contribution in [-0.2, 0) is 4.79 Å². The van der Waals surface area contributed by atoms with E-state index in [4.69, 9.17) is 0 Å². The third-order valence-corrected chi connectivity index (χ3v) is 3.94. The Morgan fingerprint density at radius 1 is 1.14 bits per heavy atom. The molecule has 2 saturated heterocycles. The van der Waals surface area contributed by atoms with Crippen molar-refractivity contribution in [3.05, 3.63) is 35.4 Å². The monoisotopic (exact) mass is 288 g/mol. The van der Waals surface area contributed by atoms with E-state index in [1.807, 2.05) is 31.2 Å². The number of amides is 5. The molecule has 0 bridgehead atoms. The summed E-state index contributed by atoms with van der Waals surface area (Å²) in [7, 11) is 1.55. The lowest BCUT2D eigenvalue weighted by molar-refractivity contribution is -0.130. The molecule has 3 rings (SSSR count). The van der Waals surface area contributed by atoms with Crippen LogP contribution in [0.2, 0.25) is 0 Å². The minimum absolute atomic E-state index is 0.387. The number of hydrogen-bond acceptors (Lipinski definition) is 3. The quantitative estimate of drug-likeness (QED) is 0.701. The summed E-state index contributed by atoms with van der Waals surface area (Å²) in [6.45, 7) is 1.94. The van der Waals surface area contributed by atoms with Gasteiger partial charge >= 0.3 is 12.1 Å². The maximum Gasteiger partial charge on any atom is 0.325 e. The molecule has 2 aliphatic rings. The Hall–Kier alpha value is -2.57. The number of aryl methyl sites for hydroxylation is 1. The van der Waals surface area contributed by atoms with Gasteiger partial charge in [-0.15, -0.1) is 0 Å². The third-order valence-electron chi connectivity index (χ3n) is 3.94. The van der Waals surface area contributed by atoms with Gasteiger partial charge in [0.05, 0.1) is 6.04 Å². The molecular weight excluding hydrogens is 272 g/mol. The first kappa shape index (κ1) is 13.4.